The molecule has 9 heavy (non-hydrogen) atoms. The van der Waals surface area contributed by atoms with Gasteiger partial charge in [0.2, 0.25) is 0 Å². The zero-order chi connectivity index (χ0) is 6.85. The van der Waals surface area contributed by atoms with E-state index in [1.165, 1.54) is 6.26 Å². The molecule has 2 N–H and O–H groups in total. The molecule has 1 aromatic heterocycles. The molecule has 0 aliphatic heterocycles. The molecule has 1 heterocycles. The summed E-state index contributed by atoms with van der Waals surface area (Å²) in [5.41, 5.74) is 6.27. The van der Waals surface area contributed by atoms with E-state index in [0.29, 0.717) is 0 Å². The van der Waals surface area contributed by atoms with Gasteiger partial charge in [-0.3, -0.25) is 0 Å². The standard InChI is InChI=1S/C5H7BrN2O/c1-3(7)5-4(6)2-9-8-5/h2-3H,7H2,1H3. The van der Waals surface area contributed by atoms with Gasteiger partial charge in [0.25, 0.3) is 0 Å². The third kappa shape index (κ3) is 1.31. The number of nitrogens with two attached hydrogens (primary N) is 1. The van der Waals surface area contributed by atoms with Gasteiger partial charge in [0.15, 0.2) is 0 Å². The Hall–Kier alpha value is -0.350. The number of hydrogen-bond acceptors (Lipinski definition) is 3. The van der Waals surface area contributed by atoms with Crippen LogP contribution in [0.4, 0.5) is 0 Å². The second-order valence-electron chi connectivity index (χ2n) is 1.84. The Morgan fingerprint density at radius 1 is 1.89 bits per heavy atom. The van der Waals surface area contributed by atoms with Gasteiger partial charge in [-0.05, 0) is 22.9 Å². The van der Waals surface area contributed by atoms with Gasteiger partial charge in [-0.15, -0.1) is 0 Å². The highest BCUT2D eigenvalue weighted by atomic mass is 79.9. The predicted octanol–water partition coefficient (Wildman–Crippen LogP) is 1.46. The quantitative estimate of drug-likeness (QED) is 0.730. The van der Waals surface area contributed by atoms with Crippen molar-refractivity contribution in [1.82, 2.24) is 5.16 Å². The van der Waals surface area contributed by atoms with Crippen molar-refractivity contribution in [3.8, 4) is 0 Å². The molecule has 0 aliphatic carbocycles. The molecule has 1 unspecified atom stereocenters. The summed E-state index contributed by atoms with van der Waals surface area (Å²) in [4.78, 5) is 0. The van der Waals surface area contributed by atoms with Gasteiger partial charge < -0.3 is 10.3 Å². The molecule has 0 saturated heterocycles. The largest absolute Gasteiger partial charge is 0.363 e. The van der Waals surface area contributed by atoms with Gasteiger partial charge in [-0.2, -0.15) is 0 Å². The van der Waals surface area contributed by atoms with E-state index in [-0.39, 0.29) is 6.04 Å². The Kier molecular flexibility index (Phi) is 1.87. The molecule has 0 fully saturated rings. The summed E-state index contributed by atoms with van der Waals surface area (Å²) < 4.78 is 5.46. The number of rotatable bonds is 1. The minimum atomic E-state index is -0.0712. The summed E-state index contributed by atoms with van der Waals surface area (Å²) in [7, 11) is 0. The van der Waals surface area contributed by atoms with E-state index in [4.69, 9.17) is 5.73 Å². The maximum absolute atomic E-state index is 5.51. The molecule has 0 spiro atoms. The van der Waals surface area contributed by atoms with Gasteiger partial charge in [0.05, 0.1) is 4.47 Å². The molecule has 0 aromatic carbocycles. The molecule has 50 valence electrons. The van der Waals surface area contributed by atoms with Gasteiger partial charge in [0, 0.05) is 6.04 Å². The normalized spacial score (nSPS) is 13.7. The molecule has 0 radical (unpaired) electrons. The topological polar surface area (TPSA) is 52.0 Å². The monoisotopic (exact) mass is 190 g/mol. The van der Waals surface area contributed by atoms with Crippen LogP contribution in [0.1, 0.15) is 18.7 Å². The minimum Gasteiger partial charge on any atom is -0.363 e. The Morgan fingerprint density at radius 2 is 2.56 bits per heavy atom. The summed E-state index contributed by atoms with van der Waals surface area (Å²) in [6.07, 6.45) is 1.51. The van der Waals surface area contributed by atoms with Crippen molar-refractivity contribution < 1.29 is 4.52 Å². The van der Waals surface area contributed by atoms with Crippen LogP contribution in [0.15, 0.2) is 15.3 Å². The average molecular weight is 191 g/mol. The molecule has 1 aromatic rings. The lowest BCUT2D eigenvalue weighted by Gasteiger charge is -1.96. The number of halogens is 1. The minimum absolute atomic E-state index is 0.0712. The third-order valence-electron chi connectivity index (χ3n) is 0.983. The van der Waals surface area contributed by atoms with Crippen LogP contribution < -0.4 is 5.73 Å². The Bertz CT molecular complexity index is 197. The van der Waals surface area contributed by atoms with E-state index in [1.807, 2.05) is 6.92 Å². The van der Waals surface area contributed by atoms with Crippen molar-refractivity contribution in [2.24, 2.45) is 5.73 Å². The van der Waals surface area contributed by atoms with Crippen LogP contribution in [0.25, 0.3) is 0 Å². The van der Waals surface area contributed by atoms with Crippen LogP contribution in [0.2, 0.25) is 0 Å². The van der Waals surface area contributed by atoms with Crippen molar-refractivity contribution in [2.45, 2.75) is 13.0 Å². The number of nitrogens with zero attached hydrogens (tertiary/aromatic N) is 1. The predicted molar refractivity (Wildman–Crippen MR) is 36.8 cm³/mol. The SMILES string of the molecule is CC(N)c1nocc1Br. The summed E-state index contributed by atoms with van der Waals surface area (Å²) in [5, 5.41) is 3.67. The number of hydrogen-bond donors (Lipinski definition) is 1. The van der Waals surface area contributed by atoms with Crippen molar-refractivity contribution in [1.29, 1.82) is 0 Å². The van der Waals surface area contributed by atoms with Crippen LogP contribution in [-0.4, -0.2) is 5.16 Å². The lowest BCUT2D eigenvalue weighted by atomic mass is 10.3. The average Bonchev–Trinajstić information content (AvgIpc) is 2.13. The van der Waals surface area contributed by atoms with E-state index in [2.05, 4.69) is 25.6 Å². The lowest BCUT2D eigenvalue weighted by Crippen LogP contribution is -2.05. The summed E-state index contributed by atoms with van der Waals surface area (Å²) in [6, 6.07) is -0.0712. The molecule has 1 rings (SSSR count). The van der Waals surface area contributed by atoms with Gasteiger partial charge in [-0.1, -0.05) is 5.16 Å². The maximum atomic E-state index is 5.51. The summed E-state index contributed by atoms with van der Waals surface area (Å²) in [5.74, 6) is 0. The van der Waals surface area contributed by atoms with Crippen LogP contribution in [0, 0.1) is 0 Å². The molecule has 4 heteroatoms. The van der Waals surface area contributed by atoms with Gasteiger partial charge in [0.1, 0.15) is 12.0 Å². The van der Waals surface area contributed by atoms with Crippen molar-refractivity contribution in [3.05, 3.63) is 16.4 Å². The highest BCUT2D eigenvalue weighted by molar-refractivity contribution is 9.10. The van der Waals surface area contributed by atoms with Crippen LogP contribution in [0.3, 0.4) is 0 Å². The first-order valence-corrected chi connectivity index (χ1v) is 3.36. The highest BCUT2D eigenvalue weighted by Crippen LogP contribution is 2.18. The fourth-order valence-corrected chi connectivity index (χ4v) is 1.05. The van der Waals surface area contributed by atoms with E-state index >= 15 is 0 Å². The molecule has 0 bridgehead atoms. The molecule has 3 nitrogen and oxygen atoms in total. The van der Waals surface area contributed by atoms with Crippen LogP contribution in [-0.2, 0) is 0 Å². The first-order valence-electron chi connectivity index (χ1n) is 2.57. The van der Waals surface area contributed by atoms with Crippen LogP contribution >= 0.6 is 15.9 Å². The zero-order valence-electron chi connectivity index (χ0n) is 4.97. The maximum Gasteiger partial charge on any atom is 0.138 e. The van der Waals surface area contributed by atoms with E-state index in [0.717, 1.165) is 10.2 Å². The van der Waals surface area contributed by atoms with E-state index in [9.17, 15) is 0 Å². The third-order valence-corrected chi connectivity index (χ3v) is 1.58. The highest BCUT2D eigenvalue weighted by Gasteiger charge is 2.07. The summed E-state index contributed by atoms with van der Waals surface area (Å²) >= 11 is 3.23. The molecular formula is C5H7BrN2O. The van der Waals surface area contributed by atoms with Crippen LogP contribution in [0.5, 0.6) is 0 Å². The first kappa shape index (κ1) is 6.77. The lowest BCUT2D eigenvalue weighted by molar-refractivity contribution is 0.407. The smallest absolute Gasteiger partial charge is 0.138 e. The first-order chi connectivity index (χ1) is 4.22. The Morgan fingerprint density at radius 3 is 2.78 bits per heavy atom. The molecule has 0 saturated carbocycles. The second-order valence-corrected chi connectivity index (χ2v) is 2.69. The van der Waals surface area contributed by atoms with Gasteiger partial charge >= 0.3 is 0 Å². The fraction of sp³-hybridized carbons (Fsp3) is 0.400. The van der Waals surface area contributed by atoms with Crippen molar-refractivity contribution in [3.63, 3.8) is 0 Å². The van der Waals surface area contributed by atoms with Crippen molar-refractivity contribution >= 4 is 15.9 Å². The second kappa shape index (κ2) is 2.49. The summed E-state index contributed by atoms with van der Waals surface area (Å²) in [6.45, 7) is 1.85. The zero-order valence-corrected chi connectivity index (χ0v) is 6.55. The molecule has 0 amide bonds. The Balaban J connectivity index is 2.94. The van der Waals surface area contributed by atoms with Gasteiger partial charge in [-0.25, -0.2) is 0 Å². The fourth-order valence-electron chi connectivity index (χ4n) is 0.534. The molecule has 0 aliphatic rings. The number of aromatic nitrogens is 1. The molecular weight excluding hydrogens is 184 g/mol. The molecule has 1 atom stereocenters. The Labute approximate surface area is 61.3 Å². The van der Waals surface area contributed by atoms with E-state index < -0.39 is 0 Å². The van der Waals surface area contributed by atoms with E-state index in [1.54, 1.807) is 0 Å². The van der Waals surface area contributed by atoms with Crippen molar-refractivity contribution in [2.75, 3.05) is 0 Å².